The van der Waals surface area contributed by atoms with Gasteiger partial charge in [-0.25, -0.2) is 0 Å². The maximum Gasteiger partial charge on any atom is 0.220 e. The van der Waals surface area contributed by atoms with Crippen molar-refractivity contribution >= 4 is 5.78 Å². The fraction of sp³-hybridized carbons (Fsp3) is 0.562. The van der Waals surface area contributed by atoms with Crippen molar-refractivity contribution in [3.63, 3.8) is 0 Å². The average molecular weight is 279 g/mol. The first-order chi connectivity index (χ1) is 9.05. The van der Waals surface area contributed by atoms with Gasteiger partial charge in [-0.05, 0) is 49.5 Å². The third-order valence-electron chi connectivity index (χ3n) is 3.04. The van der Waals surface area contributed by atoms with E-state index in [2.05, 4.69) is 20.8 Å². The third kappa shape index (κ3) is 4.53. The minimum absolute atomic E-state index is 0.106. The topological polar surface area (TPSA) is 49.8 Å². The predicted octanol–water partition coefficient (Wildman–Crippen LogP) is 3.45. The molecule has 0 aromatic heterocycles. The molecule has 0 heterocycles. The largest absolute Gasteiger partial charge is 0.493 e. The first kappa shape index (κ1) is 16.5. The molecule has 112 valence electrons. The van der Waals surface area contributed by atoms with Gasteiger partial charge in [0.2, 0.25) is 5.78 Å². The Balaban J connectivity index is 2.91. The molecule has 0 amide bonds. The van der Waals surface area contributed by atoms with E-state index in [4.69, 9.17) is 4.74 Å². The lowest BCUT2D eigenvalue weighted by Gasteiger charge is -2.38. The number of hydroxylamine groups is 2. The molecule has 0 bridgehead atoms. The van der Waals surface area contributed by atoms with Gasteiger partial charge in [0, 0.05) is 6.20 Å². The summed E-state index contributed by atoms with van der Waals surface area (Å²) in [5.74, 6) is 0.115. The van der Waals surface area contributed by atoms with Crippen LogP contribution in [0, 0.1) is 5.41 Å². The number of ether oxygens (including phenoxy) is 1. The van der Waals surface area contributed by atoms with Crippen LogP contribution in [0.3, 0.4) is 0 Å². The Labute approximate surface area is 121 Å². The summed E-state index contributed by atoms with van der Waals surface area (Å²) in [6.07, 6.45) is 7.17. The fourth-order valence-electron chi connectivity index (χ4n) is 2.46. The van der Waals surface area contributed by atoms with Crippen LogP contribution in [0.2, 0.25) is 0 Å². The lowest BCUT2D eigenvalue weighted by molar-refractivity contribution is -0.129. The summed E-state index contributed by atoms with van der Waals surface area (Å²) in [6.45, 7) is 10.4. The van der Waals surface area contributed by atoms with Gasteiger partial charge in [-0.15, -0.1) is 0 Å². The number of nitrogens with zero attached hydrogens (tertiary/aromatic N) is 1. The van der Waals surface area contributed by atoms with Crippen LogP contribution < -0.4 is 0 Å². The Bertz CT molecular complexity index is 465. The van der Waals surface area contributed by atoms with Crippen molar-refractivity contribution in [1.29, 1.82) is 0 Å². The minimum Gasteiger partial charge on any atom is -0.493 e. The van der Waals surface area contributed by atoms with Crippen molar-refractivity contribution in [3.8, 4) is 0 Å². The van der Waals surface area contributed by atoms with Crippen LogP contribution >= 0.6 is 0 Å². The van der Waals surface area contributed by atoms with Crippen LogP contribution in [0.5, 0.6) is 0 Å². The molecule has 4 heteroatoms. The molecule has 1 aliphatic rings. The van der Waals surface area contributed by atoms with Gasteiger partial charge in [0.15, 0.2) is 5.76 Å². The van der Waals surface area contributed by atoms with Crippen LogP contribution in [0.1, 0.15) is 41.0 Å². The molecule has 0 aromatic carbocycles. The van der Waals surface area contributed by atoms with E-state index in [1.165, 1.54) is 18.2 Å². The standard InChI is InChI=1S/C16H25NO3/c1-15(2,3)11-16(4,5)17(19)10-12-7-8-13(18)14(9-12)20-6/h7-10,19H,11H2,1-6H3. The maximum absolute atomic E-state index is 11.5. The monoisotopic (exact) mass is 279 g/mol. The minimum atomic E-state index is -0.401. The lowest BCUT2D eigenvalue weighted by Crippen LogP contribution is -2.41. The summed E-state index contributed by atoms with van der Waals surface area (Å²) < 4.78 is 5.00. The molecular weight excluding hydrogens is 254 g/mol. The molecule has 1 aliphatic carbocycles. The van der Waals surface area contributed by atoms with Crippen molar-refractivity contribution in [2.75, 3.05) is 7.11 Å². The zero-order chi connectivity index (χ0) is 15.6. The molecule has 0 fully saturated rings. The zero-order valence-corrected chi connectivity index (χ0v) is 13.2. The third-order valence-corrected chi connectivity index (χ3v) is 3.04. The van der Waals surface area contributed by atoms with Gasteiger partial charge in [0.1, 0.15) is 0 Å². The van der Waals surface area contributed by atoms with Crippen LogP contribution in [0.15, 0.2) is 35.8 Å². The number of hydrogen-bond donors (Lipinski definition) is 1. The summed E-state index contributed by atoms with van der Waals surface area (Å²) in [4.78, 5) is 11.5. The second kappa shape index (κ2) is 5.83. The fourth-order valence-corrected chi connectivity index (χ4v) is 2.46. The molecule has 20 heavy (non-hydrogen) atoms. The second-order valence-electron chi connectivity index (χ2n) is 6.93. The van der Waals surface area contributed by atoms with E-state index in [0.29, 0.717) is 0 Å². The molecule has 0 aliphatic heterocycles. The van der Waals surface area contributed by atoms with Gasteiger partial charge >= 0.3 is 0 Å². The van der Waals surface area contributed by atoms with Crippen molar-refractivity contribution < 1.29 is 14.7 Å². The van der Waals surface area contributed by atoms with E-state index in [9.17, 15) is 10.0 Å². The van der Waals surface area contributed by atoms with E-state index < -0.39 is 5.54 Å². The molecule has 0 radical (unpaired) electrons. The van der Waals surface area contributed by atoms with Crippen LogP contribution in [-0.2, 0) is 9.53 Å². The van der Waals surface area contributed by atoms with Gasteiger partial charge in [-0.3, -0.25) is 15.1 Å². The molecule has 1 rings (SSSR count). The summed E-state index contributed by atoms with van der Waals surface area (Å²) in [7, 11) is 1.46. The Morgan fingerprint density at radius 3 is 2.35 bits per heavy atom. The highest BCUT2D eigenvalue weighted by molar-refractivity contribution is 6.04. The lowest BCUT2D eigenvalue weighted by atomic mass is 9.81. The molecule has 0 atom stereocenters. The van der Waals surface area contributed by atoms with Crippen molar-refractivity contribution in [2.24, 2.45) is 5.41 Å². The average Bonchev–Trinajstić information content (AvgIpc) is 2.28. The molecule has 0 saturated carbocycles. The summed E-state index contributed by atoms with van der Waals surface area (Å²) in [6, 6.07) is 0. The first-order valence-electron chi connectivity index (χ1n) is 6.73. The summed E-state index contributed by atoms with van der Waals surface area (Å²) in [5, 5.41) is 11.5. The molecule has 0 spiro atoms. The number of carbonyl (C=O) groups is 1. The Morgan fingerprint density at radius 1 is 1.25 bits per heavy atom. The molecular formula is C16H25NO3. The van der Waals surface area contributed by atoms with Crippen molar-refractivity contribution in [2.45, 2.75) is 46.6 Å². The van der Waals surface area contributed by atoms with E-state index in [0.717, 1.165) is 12.0 Å². The van der Waals surface area contributed by atoms with Gasteiger partial charge in [0.05, 0.1) is 12.6 Å². The Morgan fingerprint density at radius 2 is 1.85 bits per heavy atom. The van der Waals surface area contributed by atoms with Gasteiger partial charge in [-0.1, -0.05) is 20.8 Å². The first-order valence-corrected chi connectivity index (χ1v) is 6.73. The smallest absolute Gasteiger partial charge is 0.220 e. The number of rotatable bonds is 4. The van der Waals surface area contributed by atoms with Gasteiger partial charge in [0.25, 0.3) is 0 Å². The van der Waals surface area contributed by atoms with E-state index >= 15 is 0 Å². The number of allylic oxidation sites excluding steroid dienone is 4. The Kier molecular flexibility index (Phi) is 4.81. The molecule has 0 saturated heterocycles. The maximum atomic E-state index is 11.5. The predicted molar refractivity (Wildman–Crippen MR) is 79.1 cm³/mol. The molecule has 4 nitrogen and oxygen atoms in total. The van der Waals surface area contributed by atoms with Gasteiger partial charge in [-0.2, -0.15) is 0 Å². The van der Waals surface area contributed by atoms with Crippen LogP contribution in [0.4, 0.5) is 0 Å². The highest BCUT2D eigenvalue weighted by atomic mass is 16.5. The summed E-state index contributed by atoms with van der Waals surface area (Å²) in [5.41, 5.74) is 0.433. The number of ketones is 1. The molecule has 1 N–H and O–H groups in total. The van der Waals surface area contributed by atoms with Crippen LogP contribution in [0.25, 0.3) is 0 Å². The molecule has 0 aromatic rings. The zero-order valence-electron chi connectivity index (χ0n) is 13.2. The van der Waals surface area contributed by atoms with E-state index in [-0.39, 0.29) is 17.0 Å². The van der Waals surface area contributed by atoms with Crippen LogP contribution in [-0.4, -0.2) is 28.7 Å². The van der Waals surface area contributed by atoms with E-state index in [1.807, 2.05) is 13.8 Å². The quantitative estimate of drug-likeness (QED) is 0.801. The summed E-state index contributed by atoms with van der Waals surface area (Å²) >= 11 is 0. The normalized spacial score (nSPS) is 18.2. The van der Waals surface area contributed by atoms with Crippen molar-refractivity contribution in [3.05, 3.63) is 35.8 Å². The highest BCUT2D eigenvalue weighted by Gasteiger charge is 2.29. The number of hydrogen-bond acceptors (Lipinski definition) is 4. The molecule has 0 unspecified atom stereocenters. The van der Waals surface area contributed by atoms with E-state index in [1.54, 1.807) is 18.4 Å². The van der Waals surface area contributed by atoms with Gasteiger partial charge < -0.3 is 4.74 Å². The van der Waals surface area contributed by atoms with Crippen molar-refractivity contribution in [1.82, 2.24) is 5.06 Å². The SMILES string of the molecule is COC1=CC(=CN(O)C(C)(C)CC(C)(C)C)C=CC1=O. The Hall–Kier alpha value is -1.55. The number of methoxy groups -OCH3 is 1. The highest BCUT2D eigenvalue weighted by Crippen LogP contribution is 2.31. The second-order valence-corrected chi connectivity index (χ2v) is 6.93. The number of carbonyl (C=O) groups excluding carboxylic acids is 1.